The number of allylic oxidation sites excluding steroid dienone is 1. The minimum absolute atomic E-state index is 0.798. The second-order valence-corrected chi connectivity index (χ2v) is 5.98. The highest BCUT2D eigenvalue weighted by Crippen LogP contribution is 2.30. The first kappa shape index (κ1) is 16.1. The molecule has 0 aliphatic carbocycles. The number of rotatable bonds is 5. The van der Waals surface area contributed by atoms with Gasteiger partial charge in [-0.15, -0.1) is 0 Å². The van der Waals surface area contributed by atoms with E-state index in [4.69, 9.17) is 5.73 Å². The highest BCUT2D eigenvalue weighted by molar-refractivity contribution is 5.82. The number of anilines is 1. The van der Waals surface area contributed by atoms with E-state index in [-0.39, 0.29) is 0 Å². The molecule has 3 rings (SSSR count). The molecule has 0 fully saturated rings. The molecule has 0 amide bonds. The summed E-state index contributed by atoms with van der Waals surface area (Å²) in [6, 6.07) is 29.5. The average Bonchev–Trinajstić information content (AvgIpc) is 2.64. The van der Waals surface area contributed by atoms with Crippen LogP contribution in [-0.4, -0.2) is 0 Å². The maximum absolute atomic E-state index is 5.88. The van der Waals surface area contributed by atoms with Crippen LogP contribution in [0.3, 0.4) is 0 Å². The Kier molecular flexibility index (Phi) is 5.12. The van der Waals surface area contributed by atoms with Gasteiger partial charge in [0, 0.05) is 5.69 Å². The van der Waals surface area contributed by atoms with Gasteiger partial charge in [-0.05, 0) is 47.2 Å². The van der Waals surface area contributed by atoms with Gasteiger partial charge < -0.3 is 5.73 Å². The summed E-state index contributed by atoms with van der Waals surface area (Å²) in [6.45, 7) is 2.23. The fourth-order valence-electron chi connectivity index (χ4n) is 3.06. The fraction of sp³-hybridized carbons (Fsp3) is 0.130. The molecule has 24 heavy (non-hydrogen) atoms. The third kappa shape index (κ3) is 3.75. The number of hydrogen-bond donors (Lipinski definition) is 1. The van der Waals surface area contributed by atoms with Crippen molar-refractivity contribution in [2.75, 3.05) is 5.73 Å². The normalized spacial score (nSPS) is 11.9. The number of nitrogens with two attached hydrogens (primary N) is 1. The summed E-state index contributed by atoms with van der Waals surface area (Å²) in [4.78, 5) is 0. The summed E-state index contributed by atoms with van der Waals surface area (Å²) < 4.78 is 0. The van der Waals surface area contributed by atoms with E-state index in [0.717, 1.165) is 18.5 Å². The lowest BCUT2D eigenvalue weighted by atomic mass is 9.88. The maximum atomic E-state index is 5.88. The molecule has 0 spiro atoms. The number of nitrogen functional groups attached to an aromatic ring is 1. The zero-order valence-electron chi connectivity index (χ0n) is 14.1. The van der Waals surface area contributed by atoms with Gasteiger partial charge >= 0.3 is 0 Å². The second-order valence-electron chi connectivity index (χ2n) is 5.98. The Balaban J connectivity index is 2.12. The van der Waals surface area contributed by atoms with Crippen LogP contribution in [0.25, 0.3) is 5.57 Å². The Bertz CT molecular complexity index is 800. The van der Waals surface area contributed by atoms with Crippen LogP contribution in [0.15, 0.2) is 90.5 Å². The predicted octanol–water partition coefficient (Wildman–Crippen LogP) is 5.72. The molecule has 0 aliphatic rings. The van der Waals surface area contributed by atoms with Crippen LogP contribution in [0.1, 0.15) is 30.0 Å². The Morgan fingerprint density at radius 2 is 1.25 bits per heavy atom. The molecular formula is C23H23N. The lowest BCUT2D eigenvalue weighted by Gasteiger charge is -2.16. The van der Waals surface area contributed by atoms with Crippen LogP contribution >= 0.6 is 0 Å². The van der Waals surface area contributed by atoms with Gasteiger partial charge in [-0.3, -0.25) is 0 Å². The highest BCUT2D eigenvalue weighted by atomic mass is 14.5. The van der Waals surface area contributed by atoms with Crippen molar-refractivity contribution in [3.05, 3.63) is 107 Å². The average molecular weight is 313 g/mol. The number of hydrogen-bond acceptors (Lipinski definition) is 1. The molecule has 0 atom stereocenters. The summed E-state index contributed by atoms with van der Waals surface area (Å²) in [5.41, 5.74) is 13.3. The third-order valence-electron chi connectivity index (χ3n) is 4.30. The van der Waals surface area contributed by atoms with Crippen LogP contribution in [0.4, 0.5) is 5.69 Å². The zero-order valence-corrected chi connectivity index (χ0v) is 14.1. The standard InChI is InChI=1S/C23H23N/c1-2-19(17-18-9-5-3-6-10-18)23(20-11-7-4-8-12-20)21-13-15-22(24)16-14-21/h3-16H,2,17,24H2,1H3/b23-19-. The molecule has 1 heteroatoms. The van der Waals surface area contributed by atoms with Crippen LogP contribution < -0.4 is 5.73 Å². The number of benzene rings is 3. The predicted molar refractivity (Wildman–Crippen MR) is 104 cm³/mol. The van der Waals surface area contributed by atoms with Crippen molar-refractivity contribution < 1.29 is 0 Å². The summed E-state index contributed by atoms with van der Waals surface area (Å²) in [5, 5.41) is 0. The van der Waals surface area contributed by atoms with Crippen molar-refractivity contribution >= 4 is 11.3 Å². The lowest BCUT2D eigenvalue weighted by molar-refractivity contribution is 1.01. The first-order valence-electron chi connectivity index (χ1n) is 8.45. The van der Waals surface area contributed by atoms with Crippen LogP contribution in [-0.2, 0) is 6.42 Å². The van der Waals surface area contributed by atoms with Crippen LogP contribution in [0.2, 0.25) is 0 Å². The van der Waals surface area contributed by atoms with Gasteiger partial charge in [-0.2, -0.15) is 0 Å². The Morgan fingerprint density at radius 1 is 0.708 bits per heavy atom. The fourth-order valence-corrected chi connectivity index (χ4v) is 3.06. The molecule has 3 aromatic rings. The molecule has 0 heterocycles. The summed E-state index contributed by atoms with van der Waals surface area (Å²) in [6.07, 6.45) is 1.98. The molecule has 1 nitrogen and oxygen atoms in total. The van der Waals surface area contributed by atoms with E-state index < -0.39 is 0 Å². The largest absolute Gasteiger partial charge is 0.399 e. The minimum atomic E-state index is 0.798. The summed E-state index contributed by atoms with van der Waals surface area (Å²) >= 11 is 0. The van der Waals surface area contributed by atoms with E-state index >= 15 is 0 Å². The van der Waals surface area contributed by atoms with Gasteiger partial charge in [0.2, 0.25) is 0 Å². The van der Waals surface area contributed by atoms with E-state index in [1.807, 2.05) is 12.1 Å². The molecule has 0 aliphatic heterocycles. The topological polar surface area (TPSA) is 26.0 Å². The molecule has 120 valence electrons. The van der Waals surface area contributed by atoms with Gasteiger partial charge in [0.25, 0.3) is 0 Å². The third-order valence-corrected chi connectivity index (χ3v) is 4.30. The lowest BCUT2D eigenvalue weighted by Crippen LogP contribution is -1.98. The maximum Gasteiger partial charge on any atom is 0.0314 e. The molecule has 0 radical (unpaired) electrons. The summed E-state index contributed by atoms with van der Waals surface area (Å²) in [5.74, 6) is 0. The van der Waals surface area contributed by atoms with Gasteiger partial charge in [0.1, 0.15) is 0 Å². The molecule has 3 aromatic carbocycles. The zero-order chi connectivity index (χ0) is 16.8. The molecule has 0 unspecified atom stereocenters. The Hall–Kier alpha value is -2.80. The summed E-state index contributed by atoms with van der Waals surface area (Å²) in [7, 11) is 0. The Morgan fingerprint density at radius 3 is 1.83 bits per heavy atom. The van der Waals surface area contributed by atoms with Gasteiger partial charge in [0.05, 0.1) is 0 Å². The van der Waals surface area contributed by atoms with E-state index in [0.29, 0.717) is 0 Å². The SMILES string of the molecule is CC/C(Cc1ccccc1)=C(\c1ccccc1)c1ccc(N)cc1. The Labute approximate surface area is 144 Å². The van der Waals surface area contributed by atoms with Gasteiger partial charge in [0.15, 0.2) is 0 Å². The first-order chi connectivity index (χ1) is 11.8. The van der Waals surface area contributed by atoms with Gasteiger partial charge in [-0.1, -0.05) is 85.3 Å². The molecular weight excluding hydrogens is 290 g/mol. The van der Waals surface area contributed by atoms with Crippen molar-refractivity contribution in [2.45, 2.75) is 19.8 Å². The van der Waals surface area contributed by atoms with Crippen molar-refractivity contribution in [3.63, 3.8) is 0 Å². The molecule has 0 saturated carbocycles. The van der Waals surface area contributed by atoms with Crippen LogP contribution in [0, 0.1) is 0 Å². The molecule has 0 aromatic heterocycles. The van der Waals surface area contributed by atoms with E-state index in [1.165, 1.54) is 27.8 Å². The smallest absolute Gasteiger partial charge is 0.0314 e. The second kappa shape index (κ2) is 7.65. The quantitative estimate of drug-likeness (QED) is 0.599. The molecule has 0 saturated heterocycles. The van der Waals surface area contributed by atoms with Crippen molar-refractivity contribution in [2.24, 2.45) is 0 Å². The monoisotopic (exact) mass is 313 g/mol. The molecule has 2 N–H and O–H groups in total. The van der Waals surface area contributed by atoms with Crippen molar-refractivity contribution in [1.29, 1.82) is 0 Å². The van der Waals surface area contributed by atoms with E-state index in [1.54, 1.807) is 0 Å². The molecule has 0 bridgehead atoms. The van der Waals surface area contributed by atoms with Crippen molar-refractivity contribution in [3.8, 4) is 0 Å². The highest BCUT2D eigenvalue weighted by Gasteiger charge is 2.11. The van der Waals surface area contributed by atoms with Crippen molar-refractivity contribution in [1.82, 2.24) is 0 Å². The first-order valence-corrected chi connectivity index (χ1v) is 8.45. The minimum Gasteiger partial charge on any atom is -0.399 e. The van der Waals surface area contributed by atoms with Crippen LogP contribution in [0.5, 0.6) is 0 Å². The van der Waals surface area contributed by atoms with Gasteiger partial charge in [-0.25, -0.2) is 0 Å². The van der Waals surface area contributed by atoms with E-state index in [2.05, 4.69) is 79.7 Å². The van der Waals surface area contributed by atoms with E-state index in [9.17, 15) is 0 Å².